The molecule has 0 radical (unpaired) electrons. The van der Waals surface area contributed by atoms with Gasteiger partial charge in [0.25, 0.3) is 0 Å². The van der Waals surface area contributed by atoms with E-state index in [1.54, 1.807) is 47.9 Å². The van der Waals surface area contributed by atoms with Crippen molar-refractivity contribution in [1.29, 1.82) is 0 Å². The Morgan fingerprint density at radius 2 is 1.80 bits per heavy atom. The molecule has 3 aromatic rings. The summed E-state index contributed by atoms with van der Waals surface area (Å²) in [6.45, 7) is 1.90. The van der Waals surface area contributed by atoms with Crippen LogP contribution in [0, 0.1) is 0 Å². The smallest absolute Gasteiger partial charge is 0.359 e. The second-order valence-corrected chi connectivity index (χ2v) is 7.75. The lowest BCUT2D eigenvalue weighted by Gasteiger charge is -2.06. The summed E-state index contributed by atoms with van der Waals surface area (Å²) >= 11 is 10.2. The van der Waals surface area contributed by atoms with Gasteiger partial charge in [-0.25, -0.2) is 9.78 Å². The van der Waals surface area contributed by atoms with E-state index >= 15 is 0 Å². The number of carbonyl (C=O) groups is 2. The molecule has 25 heavy (non-hydrogen) atoms. The Labute approximate surface area is 168 Å². The highest BCUT2D eigenvalue weighted by atomic mass is 79.9. The molecule has 3 rings (SSSR count). The molecular formula is C17H11Br3N2O3. The standard InChI is InChI=1S/C17H11Br3N2O3/c1-2-25-17(24)13-14(15(23)9-3-5-10(18)6-4-9)22-8-11(19)7-12(20)16(22)21-13/h3-8H,2H2,1H3. The maximum absolute atomic E-state index is 13.1. The third kappa shape index (κ3) is 3.56. The molecule has 0 bridgehead atoms. The number of hydrogen-bond donors (Lipinski definition) is 0. The summed E-state index contributed by atoms with van der Waals surface area (Å²) in [5, 5.41) is 0. The Hall–Kier alpha value is -1.51. The minimum absolute atomic E-state index is 0.00595. The molecule has 0 saturated carbocycles. The van der Waals surface area contributed by atoms with Crippen LogP contribution in [0.15, 0.2) is 49.9 Å². The lowest BCUT2D eigenvalue weighted by Crippen LogP contribution is -2.14. The highest BCUT2D eigenvalue weighted by Crippen LogP contribution is 2.27. The lowest BCUT2D eigenvalue weighted by atomic mass is 10.1. The van der Waals surface area contributed by atoms with Crippen molar-refractivity contribution in [3.63, 3.8) is 0 Å². The number of carbonyl (C=O) groups excluding carboxylic acids is 2. The van der Waals surface area contributed by atoms with Crippen LogP contribution in [0.3, 0.4) is 0 Å². The number of hydrogen-bond acceptors (Lipinski definition) is 4. The van der Waals surface area contributed by atoms with Crippen LogP contribution in [-0.2, 0) is 4.74 Å². The number of ether oxygens (including phenoxy) is 1. The minimum Gasteiger partial charge on any atom is -0.461 e. The van der Waals surface area contributed by atoms with Gasteiger partial charge in [0.1, 0.15) is 5.69 Å². The number of aromatic nitrogens is 2. The maximum Gasteiger partial charge on any atom is 0.359 e. The van der Waals surface area contributed by atoms with Gasteiger partial charge in [-0.05, 0) is 69.1 Å². The van der Waals surface area contributed by atoms with Crippen LogP contribution in [0.5, 0.6) is 0 Å². The summed E-state index contributed by atoms with van der Waals surface area (Å²) < 4.78 is 8.91. The molecular weight excluding hydrogens is 520 g/mol. The summed E-state index contributed by atoms with van der Waals surface area (Å²) in [6, 6.07) is 8.71. The van der Waals surface area contributed by atoms with E-state index in [1.165, 1.54) is 0 Å². The van der Waals surface area contributed by atoms with Crippen molar-refractivity contribution in [1.82, 2.24) is 9.38 Å². The van der Waals surface area contributed by atoms with Gasteiger partial charge in [0.05, 0.1) is 11.1 Å². The number of halogens is 3. The van der Waals surface area contributed by atoms with Crippen LogP contribution in [0.1, 0.15) is 33.5 Å². The number of nitrogens with zero attached hydrogens (tertiary/aromatic N) is 2. The molecule has 0 saturated heterocycles. The molecule has 8 heteroatoms. The number of fused-ring (bicyclic) bond motifs is 1. The third-order valence-electron chi connectivity index (χ3n) is 3.43. The van der Waals surface area contributed by atoms with Crippen LogP contribution in [0.2, 0.25) is 0 Å². The van der Waals surface area contributed by atoms with Gasteiger partial charge in [-0.2, -0.15) is 0 Å². The molecule has 0 unspecified atom stereocenters. The number of pyridine rings is 1. The highest BCUT2D eigenvalue weighted by molar-refractivity contribution is 9.11. The molecule has 0 aliphatic carbocycles. The van der Waals surface area contributed by atoms with Crippen molar-refractivity contribution >= 4 is 65.2 Å². The van der Waals surface area contributed by atoms with E-state index in [1.807, 2.05) is 0 Å². The van der Waals surface area contributed by atoms with Crippen molar-refractivity contribution in [2.45, 2.75) is 6.92 Å². The summed E-state index contributed by atoms with van der Waals surface area (Å²) in [7, 11) is 0. The first-order valence-electron chi connectivity index (χ1n) is 7.27. The largest absolute Gasteiger partial charge is 0.461 e. The van der Waals surface area contributed by atoms with Gasteiger partial charge >= 0.3 is 5.97 Å². The van der Waals surface area contributed by atoms with Gasteiger partial charge in [0, 0.05) is 20.7 Å². The summed E-state index contributed by atoms with van der Waals surface area (Å²) in [5.74, 6) is -0.942. The molecule has 1 aromatic carbocycles. The molecule has 2 heterocycles. The Bertz CT molecular complexity index is 981. The lowest BCUT2D eigenvalue weighted by molar-refractivity contribution is 0.0517. The van der Waals surface area contributed by atoms with Crippen molar-refractivity contribution in [3.8, 4) is 0 Å². The van der Waals surface area contributed by atoms with E-state index in [0.717, 1.165) is 8.95 Å². The Balaban J connectivity index is 2.26. The molecule has 2 aromatic heterocycles. The molecule has 128 valence electrons. The molecule has 0 N–H and O–H groups in total. The average molecular weight is 531 g/mol. The van der Waals surface area contributed by atoms with Gasteiger partial charge in [-0.3, -0.25) is 9.20 Å². The zero-order chi connectivity index (χ0) is 18.1. The van der Waals surface area contributed by atoms with E-state index in [-0.39, 0.29) is 23.8 Å². The topological polar surface area (TPSA) is 60.7 Å². The normalized spacial score (nSPS) is 10.9. The summed E-state index contributed by atoms with van der Waals surface area (Å²) in [5.41, 5.74) is 1.07. The molecule has 0 fully saturated rings. The van der Waals surface area contributed by atoms with Gasteiger partial charge < -0.3 is 4.74 Å². The fourth-order valence-corrected chi connectivity index (χ4v) is 3.90. The fourth-order valence-electron chi connectivity index (χ4n) is 2.37. The van der Waals surface area contributed by atoms with Crippen molar-refractivity contribution in [2.24, 2.45) is 0 Å². The molecule has 5 nitrogen and oxygen atoms in total. The summed E-state index contributed by atoms with van der Waals surface area (Å²) in [4.78, 5) is 29.7. The van der Waals surface area contributed by atoms with Crippen molar-refractivity contribution in [2.75, 3.05) is 6.61 Å². The van der Waals surface area contributed by atoms with Crippen LogP contribution in [0.25, 0.3) is 5.65 Å². The second kappa shape index (κ2) is 7.39. The minimum atomic E-state index is -0.630. The molecule has 0 amide bonds. The van der Waals surface area contributed by atoms with Gasteiger partial charge in [-0.15, -0.1) is 0 Å². The number of ketones is 1. The van der Waals surface area contributed by atoms with E-state index in [2.05, 4.69) is 52.8 Å². The predicted octanol–water partition coefficient (Wildman–Crippen LogP) is 5.03. The van der Waals surface area contributed by atoms with Crippen molar-refractivity contribution in [3.05, 3.63) is 66.9 Å². The van der Waals surface area contributed by atoms with E-state index in [4.69, 9.17) is 4.74 Å². The first-order chi connectivity index (χ1) is 11.9. The second-order valence-electron chi connectivity index (χ2n) is 5.07. The van der Waals surface area contributed by atoms with Crippen LogP contribution in [-0.4, -0.2) is 27.7 Å². The zero-order valence-electron chi connectivity index (χ0n) is 12.9. The number of benzene rings is 1. The summed E-state index contributed by atoms with van der Waals surface area (Å²) in [6.07, 6.45) is 1.70. The molecule has 0 aliphatic rings. The first kappa shape index (κ1) is 18.3. The number of rotatable bonds is 4. The quantitative estimate of drug-likeness (QED) is 0.351. The van der Waals surface area contributed by atoms with Crippen LogP contribution >= 0.6 is 47.8 Å². The van der Waals surface area contributed by atoms with Crippen LogP contribution in [0.4, 0.5) is 0 Å². The Kier molecular flexibility index (Phi) is 5.41. The first-order valence-corrected chi connectivity index (χ1v) is 9.64. The fraction of sp³-hybridized carbons (Fsp3) is 0.118. The van der Waals surface area contributed by atoms with Gasteiger partial charge in [0.2, 0.25) is 5.78 Å². The zero-order valence-corrected chi connectivity index (χ0v) is 17.7. The van der Waals surface area contributed by atoms with E-state index < -0.39 is 5.97 Å². The van der Waals surface area contributed by atoms with E-state index in [9.17, 15) is 9.59 Å². The maximum atomic E-state index is 13.1. The van der Waals surface area contributed by atoms with Crippen molar-refractivity contribution < 1.29 is 14.3 Å². The highest BCUT2D eigenvalue weighted by Gasteiger charge is 2.27. The monoisotopic (exact) mass is 528 g/mol. The predicted molar refractivity (Wildman–Crippen MR) is 104 cm³/mol. The average Bonchev–Trinajstić information content (AvgIpc) is 2.95. The molecule has 0 atom stereocenters. The Morgan fingerprint density at radius 3 is 2.44 bits per heavy atom. The van der Waals surface area contributed by atoms with Gasteiger partial charge in [-0.1, -0.05) is 15.9 Å². The van der Waals surface area contributed by atoms with Gasteiger partial charge in [0.15, 0.2) is 11.3 Å². The number of imidazole rings is 1. The SMILES string of the molecule is CCOC(=O)c1nc2c(Br)cc(Br)cn2c1C(=O)c1ccc(Br)cc1. The van der Waals surface area contributed by atoms with Crippen LogP contribution < -0.4 is 0 Å². The third-order valence-corrected chi connectivity index (χ3v) is 4.98. The molecule has 0 spiro atoms. The van der Waals surface area contributed by atoms with E-state index in [0.29, 0.717) is 15.7 Å². The molecule has 0 aliphatic heterocycles. The number of esters is 1. The Morgan fingerprint density at radius 1 is 1.12 bits per heavy atom.